The molecule has 1 aromatic carbocycles. The van der Waals surface area contributed by atoms with Gasteiger partial charge in [-0.3, -0.25) is 0 Å². The lowest BCUT2D eigenvalue weighted by Crippen LogP contribution is -2.22. The summed E-state index contributed by atoms with van der Waals surface area (Å²) in [5, 5.41) is 18.2. The topological polar surface area (TPSA) is 152 Å². The van der Waals surface area contributed by atoms with Crippen LogP contribution in [0.2, 0.25) is 0 Å². The number of nitrogens with zero attached hydrogens (tertiary/aromatic N) is 4. The summed E-state index contributed by atoms with van der Waals surface area (Å²) in [5.41, 5.74) is 14.1. The molecule has 1 aromatic heterocycles. The lowest BCUT2D eigenvalue weighted by Gasteiger charge is -2.09. The van der Waals surface area contributed by atoms with Crippen LogP contribution in [-0.2, 0) is 16.2 Å². The van der Waals surface area contributed by atoms with Crippen LogP contribution >= 0.6 is 0 Å². The number of nitrogens with two attached hydrogens (primary N) is 2. The first-order chi connectivity index (χ1) is 12.2. The number of nitrogen functional groups attached to an aromatic ring is 1. The van der Waals surface area contributed by atoms with Gasteiger partial charge in [0, 0.05) is 11.3 Å². The van der Waals surface area contributed by atoms with Gasteiger partial charge in [-0.05, 0) is 37.3 Å². The third-order valence-electron chi connectivity index (χ3n) is 3.89. The van der Waals surface area contributed by atoms with Gasteiger partial charge >= 0.3 is 11.8 Å². The Morgan fingerprint density at radius 1 is 1.46 bits per heavy atom. The minimum absolute atomic E-state index is 0.0289. The number of hydrogen-bond acceptors (Lipinski definition) is 7. The van der Waals surface area contributed by atoms with E-state index in [1.807, 2.05) is 0 Å². The molecule has 138 valence electrons. The van der Waals surface area contributed by atoms with Gasteiger partial charge in [0.05, 0.1) is 29.3 Å². The Balaban J connectivity index is 2.05. The van der Waals surface area contributed by atoms with Crippen LogP contribution in [0.25, 0.3) is 0 Å². The fourth-order valence-electron chi connectivity index (χ4n) is 2.27. The minimum atomic E-state index is -0.633. The zero-order chi connectivity index (χ0) is 19.4. The molecular formula is C16H20N6O4. The first kappa shape index (κ1) is 18.9. The van der Waals surface area contributed by atoms with Crippen molar-refractivity contribution in [1.29, 1.82) is 0 Å². The highest BCUT2D eigenvalue weighted by Crippen LogP contribution is 2.16. The summed E-state index contributed by atoms with van der Waals surface area (Å²) in [5.74, 6) is -1.51. The number of hydrogen-bond donors (Lipinski definition) is 2. The molecule has 0 spiro atoms. The van der Waals surface area contributed by atoms with Gasteiger partial charge in [0.15, 0.2) is 5.84 Å². The van der Waals surface area contributed by atoms with Gasteiger partial charge in [-0.2, -0.15) is 4.68 Å². The van der Waals surface area contributed by atoms with Crippen LogP contribution in [0, 0.1) is 29.9 Å². The molecule has 0 fully saturated rings. The lowest BCUT2D eigenvalue weighted by molar-refractivity contribution is -0.389. The predicted octanol–water partition coefficient (Wildman–Crippen LogP) is 1.49. The number of oxime groups is 1. The zero-order valence-corrected chi connectivity index (χ0v) is 14.7. The molecule has 1 unspecified atom stereocenters. The van der Waals surface area contributed by atoms with E-state index >= 15 is 0 Å². The summed E-state index contributed by atoms with van der Waals surface area (Å²) in [6, 6.07) is 6.49. The van der Waals surface area contributed by atoms with E-state index in [2.05, 4.69) is 10.3 Å². The molecule has 2 aromatic rings. The van der Waals surface area contributed by atoms with E-state index < -0.39 is 16.8 Å². The Kier molecular flexibility index (Phi) is 5.55. The molecular weight excluding hydrogens is 340 g/mol. The van der Waals surface area contributed by atoms with Crippen molar-refractivity contribution in [3.63, 3.8) is 0 Å². The van der Waals surface area contributed by atoms with E-state index in [9.17, 15) is 14.9 Å². The molecule has 10 nitrogen and oxygen atoms in total. The molecule has 0 aliphatic rings. The van der Waals surface area contributed by atoms with Crippen molar-refractivity contribution in [1.82, 2.24) is 9.78 Å². The molecule has 0 saturated heterocycles. The van der Waals surface area contributed by atoms with E-state index in [0.29, 0.717) is 16.9 Å². The summed E-state index contributed by atoms with van der Waals surface area (Å²) in [7, 11) is 0. The van der Waals surface area contributed by atoms with Crippen molar-refractivity contribution >= 4 is 23.3 Å². The minimum Gasteiger partial charge on any atom is -0.398 e. The maximum atomic E-state index is 12.1. The summed E-state index contributed by atoms with van der Waals surface area (Å²) >= 11 is 0. The first-order valence-electron chi connectivity index (χ1n) is 7.79. The van der Waals surface area contributed by atoms with Crippen LogP contribution in [0.5, 0.6) is 0 Å². The van der Waals surface area contributed by atoms with Crippen LogP contribution in [0.3, 0.4) is 0 Å². The summed E-state index contributed by atoms with van der Waals surface area (Å²) in [4.78, 5) is 27.1. The fraction of sp³-hybridized carbons (Fsp3) is 0.312. The van der Waals surface area contributed by atoms with E-state index in [1.165, 1.54) is 10.7 Å². The van der Waals surface area contributed by atoms with E-state index in [0.717, 1.165) is 5.56 Å². The number of carbonyl (C=O) groups is 1. The van der Waals surface area contributed by atoms with Gasteiger partial charge in [-0.1, -0.05) is 17.3 Å². The molecule has 0 bridgehead atoms. The number of anilines is 1. The Morgan fingerprint density at radius 2 is 2.15 bits per heavy atom. The van der Waals surface area contributed by atoms with E-state index in [-0.39, 0.29) is 18.2 Å². The monoisotopic (exact) mass is 360 g/mol. The van der Waals surface area contributed by atoms with Gasteiger partial charge < -0.3 is 26.4 Å². The number of aromatic nitrogens is 2. The zero-order valence-electron chi connectivity index (χ0n) is 14.7. The number of rotatable bonds is 6. The predicted molar refractivity (Wildman–Crippen MR) is 95.2 cm³/mol. The van der Waals surface area contributed by atoms with Crippen LogP contribution in [0.4, 0.5) is 11.5 Å². The highest BCUT2D eigenvalue weighted by molar-refractivity contribution is 5.99. The van der Waals surface area contributed by atoms with Crippen molar-refractivity contribution in [2.24, 2.45) is 16.8 Å². The number of amidine groups is 1. The lowest BCUT2D eigenvalue weighted by atomic mass is 10.1. The third kappa shape index (κ3) is 4.15. The van der Waals surface area contributed by atoms with Crippen molar-refractivity contribution in [2.45, 2.75) is 27.3 Å². The summed E-state index contributed by atoms with van der Waals surface area (Å²) in [6.07, 6.45) is 0. The van der Waals surface area contributed by atoms with Gasteiger partial charge in [0.1, 0.15) is 0 Å². The van der Waals surface area contributed by atoms with Crippen LogP contribution in [0.15, 0.2) is 29.4 Å². The highest BCUT2D eigenvalue weighted by Gasteiger charge is 2.22. The van der Waals surface area contributed by atoms with Gasteiger partial charge in [-0.15, -0.1) is 0 Å². The van der Waals surface area contributed by atoms with E-state index in [1.54, 1.807) is 39.0 Å². The Labute approximate surface area is 149 Å². The largest absolute Gasteiger partial charge is 0.398 e. The molecule has 0 radical (unpaired) electrons. The fourth-order valence-corrected chi connectivity index (χ4v) is 2.27. The molecule has 4 N–H and O–H groups in total. The number of aryl methyl sites for hydroxylation is 1. The van der Waals surface area contributed by atoms with Crippen molar-refractivity contribution in [2.75, 3.05) is 5.73 Å². The molecule has 2 rings (SSSR count). The molecule has 0 aliphatic carbocycles. The highest BCUT2D eigenvalue weighted by atomic mass is 16.7. The maximum absolute atomic E-state index is 12.1. The molecule has 0 aliphatic heterocycles. The third-order valence-corrected chi connectivity index (χ3v) is 3.89. The number of nitro groups is 1. The first-order valence-corrected chi connectivity index (χ1v) is 7.79. The quantitative estimate of drug-likeness (QED) is 0.198. The average Bonchev–Trinajstić information content (AvgIpc) is 2.95. The second kappa shape index (κ2) is 7.64. The number of carbonyl (C=O) groups excluding carboxylic acids is 1. The molecule has 1 atom stereocenters. The van der Waals surface area contributed by atoms with Crippen molar-refractivity contribution < 1.29 is 14.6 Å². The summed E-state index contributed by atoms with van der Waals surface area (Å²) in [6.45, 7) is 5.17. The average molecular weight is 360 g/mol. The standard InChI is InChI=1S/C16H20N6O4/c1-9(8-21-10(2)7-14(19-21)22(24)25)16(23)26-20-15(18)12-5-4-6-13(17)11(12)3/h4-7,9H,8,17H2,1-3H3,(H2,18,20). The van der Waals surface area contributed by atoms with Crippen LogP contribution < -0.4 is 11.5 Å². The molecule has 0 amide bonds. The summed E-state index contributed by atoms with van der Waals surface area (Å²) < 4.78 is 1.37. The molecule has 1 heterocycles. The number of benzene rings is 1. The molecule has 26 heavy (non-hydrogen) atoms. The second-order valence-electron chi connectivity index (χ2n) is 5.89. The van der Waals surface area contributed by atoms with Crippen LogP contribution in [-0.4, -0.2) is 26.5 Å². The SMILES string of the molecule is Cc1c(N)cccc1/C(N)=N/OC(=O)C(C)Cn1nc([N+](=O)[O-])cc1C. The Morgan fingerprint density at radius 3 is 2.77 bits per heavy atom. The van der Waals surface area contributed by atoms with Gasteiger partial charge in [-0.25, -0.2) is 4.79 Å². The smallest absolute Gasteiger partial charge is 0.390 e. The van der Waals surface area contributed by atoms with Crippen molar-refractivity contribution in [3.8, 4) is 0 Å². The molecule has 0 saturated carbocycles. The Hall–Kier alpha value is -3.43. The van der Waals surface area contributed by atoms with Crippen LogP contribution in [0.1, 0.15) is 23.7 Å². The van der Waals surface area contributed by atoms with Gasteiger partial charge in [0.2, 0.25) is 0 Å². The Bertz CT molecular complexity index is 874. The molecule has 10 heteroatoms. The maximum Gasteiger partial charge on any atom is 0.390 e. The normalized spacial score (nSPS) is 12.7. The van der Waals surface area contributed by atoms with E-state index in [4.69, 9.17) is 16.3 Å². The second-order valence-corrected chi connectivity index (χ2v) is 5.89. The van der Waals surface area contributed by atoms with Gasteiger partial charge in [0.25, 0.3) is 0 Å². The van der Waals surface area contributed by atoms with Crippen molar-refractivity contribution in [3.05, 3.63) is 51.2 Å².